The smallest absolute Gasteiger partial charge is 0.143 e. The van der Waals surface area contributed by atoms with Gasteiger partial charge in [-0.3, -0.25) is 0 Å². The van der Waals surface area contributed by atoms with Gasteiger partial charge in [-0.2, -0.15) is 0 Å². The first-order valence-electron chi connectivity index (χ1n) is 17.0. The van der Waals surface area contributed by atoms with Crippen LogP contribution in [-0.4, -0.2) is 4.98 Å². The summed E-state index contributed by atoms with van der Waals surface area (Å²) in [5, 5.41) is 4.89. The molecule has 8 aromatic rings. The van der Waals surface area contributed by atoms with E-state index >= 15 is 0 Å². The Labute approximate surface area is 268 Å². The van der Waals surface area contributed by atoms with Crippen LogP contribution in [0.1, 0.15) is 47.9 Å². The average molecular weight is 594 g/mol. The molecule has 6 aromatic carbocycles. The third-order valence-electron chi connectivity index (χ3n) is 10.8. The highest BCUT2D eigenvalue weighted by Crippen LogP contribution is 2.44. The average Bonchev–Trinajstić information content (AvgIpc) is 3.68. The number of aryl methyl sites for hydroxylation is 2. The molecule has 2 aliphatic carbocycles. The van der Waals surface area contributed by atoms with Crippen molar-refractivity contribution in [2.45, 2.75) is 51.4 Å². The van der Waals surface area contributed by atoms with Crippen LogP contribution in [-0.2, 0) is 25.7 Å². The Hall–Kier alpha value is -5.08. The first kappa shape index (κ1) is 26.2. The van der Waals surface area contributed by atoms with Gasteiger partial charge >= 0.3 is 0 Å². The number of hydrogen-bond acceptors (Lipinski definition) is 1. The molecule has 2 heterocycles. The number of para-hydroxylation sites is 1. The minimum absolute atomic E-state index is 0.949. The second-order valence-electron chi connectivity index (χ2n) is 13.4. The maximum absolute atomic E-state index is 6.82. The predicted octanol–water partition coefficient (Wildman–Crippen LogP) is 12.0. The third kappa shape index (κ3) is 4.02. The maximum Gasteiger partial charge on any atom is 0.143 e. The summed E-state index contributed by atoms with van der Waals surface area (Å²) in [6.07, 6.45) is 9.79. The van der Waals surface area contributed by atoms with Crippen LogP contribution in [0.2, 0.25) is 0 Å². The quantitative estimate of drug-likeness (QED) is 0.217. The Morgan fingerprint density at radius 3 is 1.87 bits per heavy atom. The van der Waals surface area contributed by atoms with E-state index in [0.717, 1.165) is 28.7 Å². The molecule has 0 saturated heterocycles. The molecule has 0 fully saturated rings. The second kappa shape index (κ2) is 10.2. The van der Waals surface area contributed by atoms with E-state index in [-0.39, 0.29) is 0 Å². The Balaban J connectivity index is 1.24. The molecule has 0 unspecified atom stereocenters. The number of H-pyrrole nitrogens is 1. The topological polar surface area (TPSA) is 28.9 Å². The van der Waals surface area contributed by atoms with Gasteiger partial charge in [-0.1, -0.05) is 66.7 Å². The van der Waals surface area contributed by atoms with Gasteiger partial charge in [0.1, 0.15) is 11.2 Å². The number of aromatic nitrogens is 1. The minimum Gasteiger partial charge on any atom is -0.455 e. The summed E-state index contributed by atoms with van der Waals surface area (Å²) < 4.78 is 6.82. The number of rotatable bonds is 3. The van der Waals surface area contributed by atoms with Crippen LogP contribution in [0.5, 0.6) is 0 Å². The molecule has 2 aromatic heterocycles. The first-order chi connectivity index (χ1) is 22.8. The number of furan rings is 1. The van der Waals surface area contributed by atoms with Crippen molar-refractivity contribution in [3.63, 3.8) is 0 Å². The fourth-order valence-corrected chi connectivity index (χ4v) is 8.54. The zero-order valence-electron chi connectivity index (χ0n) is 26.0. The molecule has 222 valence electrons. The van der Waals surface area contributed by atoms with Gasteiger partial charge in [-0.15, -0.1) is 0 Å². The molecule has 2 heteroatoms. The van der Waals surface area contributed by atoms with Crippen molar-refractivity contribution in [3.05, 3.63) is 131 Å². The van der Waals surface area contributed by atoms with Crippen molar-refractivity contribution in [2.24, 2.45) is 0 Å². The van der Waals surface area contributed by atoms with E-state index in [1.807, 2.05) is 0 Å². The van der Waals surface area contributed by atoms with Crippen LogP contribution < -0.4 is 0 Å². The Bertz CT molecular complexity index is 2490. The van der Waals surface area contributed by atoms with Gasteiger partial charge in [0.05, 0.1) is 0 Å². The number of benzene rings is 6. The van der Waals surface area contributed by atoms with Crippen molar-refractivity contribution >= 4 is 43.7 Å². The SMILES string of the molecule is c1cc2c(c(-c3ccc4oc5c(-c6ccc7[nH]c8ccccc8c7c6)cc(-c6cccc7c6CCCC7)cc5c4c3)c1)CCCC2. The monoisotopic (exact) mass is 593 g/mol. The number of nitrogens with one attached hydrogen (secondary N) is 1. The Morgan fingerprint density at radius 2 is 1.07 bits per heavy atom. The van der Waals surface area contributed by atoms with Crippen molar-refractivity contribution in [2.75, 3.05) is 0 Å². The summed E-state index contributed by atoms with van der Waals surface area (Å²) in [5.74, 6) is 0. The fraction of sp³-hybridized carbons (Fsp3) is 0.182. The van der Waals surface area contributed by atoms with Gasteiger partial charge in [-0.25, -0.2) is 0 Å². The van der Waals surface area contributed by atoms with Crippen LogP contribution in [0.25, 0.3) is 77.1 Å². The highest BCUT2D eigenvalue weighted by molar-refractivity contribution is 6.14. The molecule has 0 aliphatic heterocycles. The lowest BCUT2D eigenvalue weighted by atomic mass is 9.84. The minimum atomic E-state index is 0.949. The molecule has 46 heavy (non-hydrogen) atoms. The van der Waals surface area contributed by atoms with Crippen molar-refractivity contribution in [1.82, 2.24) is 4.98 Å². The maximum atomic E-state index is 6.82. The van der Waals surface area contributed by atoms with E-state index in [1.165, 1.54) is 122 Å². The fourth-order valence-electron chi connectivity index (χ4n) is 8.54. The molecule has 0 amide bonds. The normalized spacial score (nSPS) is 14.7. The van der Waals surface area contributed by atoms with Crippen LogP contribution in [0.4, 0.5) is 0 Å². The lowest BCUT2D eigenvalue weighted by molar-refractivity contribution is 0.670. The predicted molar refractivity (Wildman–Crippen MR) is 193 cm³/mol. The van der Waals surface area contributed by atoms with Crippen molar-refractivity contribution < 1.29 is 4.42 Å². The summed E-state index contributed by atoms with van der Waals surface area (Å²) in [6.45, 7) is 0. The number of hydrogen-bond donors (Lipinski definition) is 1. The summed E-state index contributed by atoms with van der Waals surface area (Å²) in [5.41, 5.74) is 18.0. The molecule has 0 saturated carbocycles. The summed E-state index contributed by atoms with van der Waals surface area (Å²) in [7, 11) is 0. The Kier molecular flexibility index (Phi) is 5.81. The van der Waals surface area contributed by atoms with Crippen molar-refractivity contribution in [1.29, 1.82) is 0 Å². The zero-order valence-corrected chi connectivity index (χ0v) is 26.0. The molecular formula is C44H35NO. The first-order valence-corrected chi connectivity index (χ1v) is 17.0. The van der Waals surface area contributed by atoms with E-state index in [2.05, 4.69) is 114 Å². The lowest BCUT2D eigenvalue weighted by Crippen LogP contribution is -2.04. The van der Waals surface area contributed by atoms with Gasteiger partial charge in [0.15, 0.2) is 0 Å². The van der Waals surface area contributed by atoms with Gasteiger partial charge in [0, 0.05) is 38.1 Å². The van der Waals surface area contributed by atoms with Gasteiger partial charge < -0.3 is 9.40 Å². The van der Waals surface area contributed by atoms with E-state index in [4.69, 9.17) is 4.42 Å². The number of aromatic amines is 1. The summed E-state index contributed by atoms with van der Waals surface area (Å²) >= 11 is 0. The van der Waals surface area contributed by atoms with Gasteiger partial charge in [0.25, 0.3) is 0 Å². The second-order valence-corrected chi connectivity index (χ2v) is 13.4. The van der Waals surface area contributed by atoms with Crippen LogP contribution in [0, 0.1) is 0 Å². The van der Waals surface area contributed by atoms with Gasteiger partial charge in [0.2, 0.25) is 0 Å². The Morgan fingerprint density at radius 1 is 0.435 bits per heavy atom. The van der Waals surface area contributed by atoms with Gasteiger partial charge in [-0.05, 0) is 144 Å². The largest absolute Gasteiger partial charge is 0.455 e. The molecule has 10 rings (SSSR count). The molecule has 0 atom stereocenters. The molecular weight excluding hydrogens is 558 g/mol. The van der Waals surface area contributed by atoms with E-state index in [1.54, 1.807) is 0 Å². The van der Waals surface area contributed by atoms with E-state index in [9.17, 15) is 0 Å². The summed E-state index contributed by atoms with van der Waals surface area (Å²) in [4.78, 5) is 3.61. The highest BCUT2D eigenvalue weighted by atomic mass is 16.3. The zero-order chi connectivity index (χ0) is 30.2. The van der Waals surface area contributed by atoms with Crippen LogP contribution in [0.3, 0.4) is 0 Å². The van der Waals surface area contributed by atoms with Crippen LogP contribution in [0.15, 0.2) is 114 Å². The molecule has 0 spiro atoms. The highest BCUT2D eigenvalue weighted by Gasteiger charge is 2.21. The van der Waals surface area contributed by atoms with Crippen molar-refractivity contribution in [3.8, 4) is 33.4 Å². The van der Waals surface area contributed by atoms with Crippen LogP contribution >= 0.6 is 0 Å². The van der Waals surface area contributed by atoms with E-state index in [0.29, 0.717) is 0 Å². The third-order valence-corrected chi connectivity index (χ3v) is 10.8. The lowest BCUT2D eigenvalue weighted by Gasteiger charge is -2.20. The molecule has 0 bridgehead atoms. The molecule has 2 nitrogen and oxygen atoms in total. The molecule has 2 aliphatic rings. The molecule has 1 N–H and O–H groups in total. The summed E-state index contributed by atoms with van der Waals surface area (Å²) in [6, 6.07) is 40.9. The van der Waals surface area contributed by atoms with E-state index < -0.39 is 0 Å². The number of fused-ring (bicyclic) bond motifs is 8. The standard InChI is InChI=1S/C44H35NO/c1-3-13-32-27(9-1)11-7-16-34(32)29-20-22-43-39(24-29)40-26-31(35-17-8-12-28-10-2-4-14-33(28)35)25-37(44(40)46-43)30-19-21-42-38(23-30)36-15-5-6-18-41(36)45-42/h5-8,11-12,15-26,45H,1-4,9-10,13-14H2. The molecule has 0 radical (unpaired) electrons.